The van der Waals surface area contributed by atoms with Crippen LogP contribution in [0.3, 0.4) is 0 Å². The predicted octanol–water partition coefficient (Wildman–Crippen LogP) is 10.2. The first kappa shape index (κ1) is 47.7. The summed E-state index contributed by atoms with van der Waals surface area (Å²) in [6.45, 7) is 12.4. The van der Waals surface area contributed by atoms with Crippen LogP contribution in [0.2, 0.25) is 0 Å². The van der Waals surface area contributed by atoms with Crippen molar-refractivity contribution in [2.45, 2.75) is 92.3 Å². The highest BCUT2D eigenvalue weighted by Gasteiger charge is 2.18. The van der Waals surface area contributed by atoms with E-state index in [2.05, 4.69) is 39.5 Å². The summed E-state index contributed by atoms with van der Waals surface area (Å²) in [5, 5.41) is 54.9. The molecule has 0 bridgehead atoms. The number of hydrogen-bond acceptors (Lipinski definition) is 14. The number of nitrogens with zero attached hydrogens (tertiary/aromatic N) is 6. The fourth-order valence-corrected chi connectivity index (χ4v) is 7.16. The lowest BCUT2D eigenvalue weighted by molar-refractivity contribution is -0.138. The maximum Gasteiger partial charge on any atom is 0.303 e. The molecule has 2 aromatic heterocycles. The van der Waals surface area contributed by atoms with E-state index in [9.17, 15) is 20.1 Å². The van der Waals surface area contributed by atoms with E-state index in [4.69, 9.17) is 33.6 Å². The van der Waals surface area contributed by atoms with Crippen LogP contribution in [0.25, 0.3) is 44.1 Å². The van der Waals surface area contributed by atoms with E-state index in [-0.39, 0.29) is 25.0 Å². The van der Waals surface area contributed by atoms with Gasteiger partial charge in [-0.2, -0.15) is 10.5 Å². The lowest BCUT2D eigenvalue weighted by Gasteiger charge is -2.11. The minimum Gasteiger partial charge on any atom is -0.494 e. The number of carboxylic acid groups (broad SMARTS) is 2. The van der Waals surface area contributed by atoms with Crippen molar-refractivity contribution < 1.29 is 43.2 Å². The quantitative estimate of drug-likeness (QED) is 0.0680. The third kappa shape index (κ3) is 13.3. The number of aromatic nitrogens is 4. The smallest absolute Gasteiger partial charge is 0.303 e. The molecule has 332 valence electrons. The molecule has 0 saturated heterocycles. The lowest BCUT2D eigenvalue weighted by atomic mass is 10.0. The molecule has 0 saturated carbocycles. The lowest BCUT2D eigenvalue weighted by Crippen LogP contribution is -2.06. The van der Waals surface area contributed by atoms with Crippen molar-refractivity contribution in [1.29, 1.82) is 10.5 Å². The molecule has 4 aromatic carbocycles. The van der Waals surface area contributed by atoms with Crippen molar-refractivity contribution in [3.05, 3.63) is 95.1 Å². The van der Waals surface area contributed by atoms with Gasteiger partial charge in [0, 0.05) is 35.1 Å². The van der Waals surface area contributed by atoms with E-state index in [1.807, 2.05) is 71.0 Å². The monoisotopic (exact) mass is 886 g/mol. The highest BCUT2D eigenvalue weighted by atomic mass is 32.1. The number of hydrogen-bond donors (Lipinski definition) is 2. The largest absolute Gasteiger partial charge is 0.494 e. The summed E-state index contributed by atoms with van der Waals surface area (Å²) >= 11 is 1.46. The zero-order valence-electron chi connectivity index (χ0n) is 36.6. The van der Waals surface area contributed by atoms with Gasteiger partial charge < -0.3 is 33.6 Å². The van der Waals surface area contributed by atoms with Crippen molar-refractivity contribution in [3.63, 3.8) is 0 Å². The summed E-state index contributed by atoms with van der Waals surface area (Å²) in [5.74, 6) is 1.46. The fourth-order valence-electron chi connectivity index (χ4n) is 6.26. The summed E-state index contributed by atoms with van der Waals surface area (Å²) in [5.41, 5.74) is 6.13. The number of aryl methyl sites for hydroxylation is 2. The molecule has 0 radical (unpaired) electrons. The fraction of sp³-hybridized carbons (Fsp3) is 0.333. The Morgan fingerprint density at radius 3 is 1.64 bits per heavy atom. The zero-order valence-corrected chi connectivity index (χ0v) is 37.4. The molecule has 0 aliphatic carbocycles. The summed E-state index contributed by atoms with van der Waals surface area (Å²) in [7, 11) is 0. The van der Waals surface area contributed by atoms with Crippen LogP contribution in [-0.4, -0.2) is 68.0 Å². The Hall–Kier alpha value is -7.30. The van der Waals surface area contributed by atoms with Crippen LogP contribution in [-0.2, 0) is 22.4 Å². The van der Waals surface area contributed by atoms with Crippen molar-refractivity contribution in [1.82, 2.24) is 20.4 Å². The van der Waals surface area contributed by atoms with Crippen molar-refractivity contribution in [2.24, 2.45) is 0 Å². The Morgan fingerprint density at radius 1 is 0.641 bits per heavy atom. The van der Waals surface area contributed by atoms with Gasteiger partial charge in [-0.15, -0.1) is 20.4 Å². The molecule has 6 aromatic rings. The molecule has 0 spiro atoms. The van der Waals surface area contributed by atoms with E-state index < -0.39 is 11.9 Å². The first-order chi connectivity index (χ1) is 30.8. The molecular formula is C48H50N6O9S. The van der Waals surface area contributed by atoms with Gasteiger partial charge in [0.25, 0.3) is 0 Å². The predicted molar refractivity (Wildman–Crippen MR) is 240 cm³/mol. The van der Waals surface area contributed by atoms with E-state index >= 15 is 0 Å². The molecule has 2 N–H and O–H groups in total. The summed E-state index contributed by atoms with van der Waals surface area (Å²) in [6, 6.07) is 26.3. The molecule has 15 nitrogen and oxygen atoms in total. The second-order valence-corrected chi connectivity index (χ2v) is 15.8. The highest BCUT2D eigenvalue weighted by Crippen LogP contribution is 2.36. The number of carbonyl (C=O) groups is 2. The molecule has 0 aliphatic rings. The van der Waals surface area contributed by atoms with E-state index in [1.54, 1.807) is 36.4 Å². The average Bonchev–Trinajstić information content (AvgIpc) is 3.98. The number of ether oxygens (including phenoxy) is 4. The second kappa shape index (κ2) is 23.2. The van der Waals surface area contributed by atoms with Crippen LogP contribution in [0.4, 0.5) is 0 Å². The minimum atomic E-state index is -0.839. The van der Waals surface area contributed by atoms with E-state index in [1.165, 1.54) is 11.3 Å². The average molecular weight is 887 g/mol. The van der Waals surface area contributed by atoms with E-state index in [0.717, 1.165) is 50.7 Å². The molecule has 0 fully saturated rings. The molecule has 6 rings (SSSR count). The van der Waals surface area contributed by atoms with Crippen molar-refractivity contribution in [2.75, 3.05) is 13.2 Å². The van der Waals surface area contributed by atoms with E-state index in [0.29, 0.717) is 77.5 Å². The van der Waals surface area contributed by atoms with Crippen LogP contribution in [0.5, 0.6) is 23.0 Å². The molecule has 16 heteroatoms. The normalized spacial score (nSPS) is 10.7. The minimum absolute atomic E-state index is 0.0160. The first-order valence-electron chi connectivity index (χ1n) is 20.9. The number of aliphatic carboxylic acids is 2. The number of benzene rings is 4. The van der Waals surface area contributed by atoms with Crippen molar-refractivity contribution in [3.8, 4) is 79.2 Å². The number of carboxylic acids is 2. The molecule has 0 aliphatic heterocycles. The molecule has 0 amide bonds. The molecule has 0 atom stereocenters. The summed E-state index contributed by atoms with van der Waals surface area (Å²) in [4.78, 5) is 21.2. The molecule has 64 heavy (non-hydrogen) atoms. The molecule has 2 heterocycles. The van der Waals surface area contributed by atoms with Gasteiger partial charge in [0.1, 0.15) is 45.2 Å². The van der Waals surface area contributed by atoms with Crippen LogP contribution in [0, 0.1) is 22.7 Å². The van der Waals surface area contributed by atoms with Crippen molar-refractivity contribution >= 4 is 23.3 Å². The third-order valence-corrected chi connectivity index (χ3v) is 10.3. The maximum absolute atomic E-state index is 10.6. The Kier molecular flexibility index (Phi) is 17.3. The molecular weight excluding hydrogens is 837 g/mol. The Balaban J connectivity index is 0.000000241. The third-order valence-electron chi connectivity index (χ3n) is 9.25. The van der Waals surface area contributed by atoms with Crippen LogP contribution in [0.1, 0.15) is 89.5 Å². The van der Waals surface area contributed by atoms with Gasteiger partial charge in [-0.3, -0.25) is 9.59 Å². The van der Waals surface area contributed by atoms with Gasteiger partial charge in [0.2, 0.25) is 11.8 Å². The summed E-state index contributed by atoms with van der Waals surface area (Å²) in [6.07, 6.45) is 2.51. The maximum atomic E-state index is 10.6. The summed E-state index contributed by atoms with van der Waals surface area (Å²) < 4.78 is 28.6. The van der Waals surface area contributed by atoms with Gasteiger partial charge in [-0.25, -0.2) is 0 Å². The van der Waals surface area contributed by atoms with Gasteiger partial charge in [-0.05, 0) is 137 Å². The molecule has 0 unspecified atom stereocenters. The zero-order chi connectivity index (χ0) is 46.2. The van der Waals surface area contributed by atoms with Gasteiger partial charge >= 0.3 is 11.9 Å². The number of nitriles is 2. The van der Waals surface area contributed by atoms with Crippen LogP contribution in [0.15, 0.2) is 77.2 Å². The first-order valence-corrected chi connectivity index (χ1v) is 21.7. The second-order valence-electron chi connectivity index (χ2n) is 14.8. The standard InChI is InChI=1S/C24H25N3O5.C24H25N3O4S/c2*1-4-16-13-19(30-11-5-6-22(28)29)8-9-20(16)24-27-26-23(32-24)17-7-10-21(31-15(2)3)18(12-17)14-25/h2*7-10,12-13,15H,4-6,11H2,1-3H3,(H,28,29). The Bertz CT molecular complexity index is 2450. The van der Waals surface area contributed by atoms with Gasteiger partial charge in [0.05, 0.1) is 36.5 Å². The van der Waals surface area contributed by atoms with Crippen LogP contribution < -0.4 is 18.9 Å². The van der Waals surface area contributed by atoms with Crippen LogP contribution >= 0.6 is 11.3 Å². The SMILES string of the molecule is CCc1cc(OCCCC(=O)O)ccc1-c1nnc(-c2ccc(OC(C)C)c(C#N)c2)o1.CCc1cc(OCCCC(=O)O)ccc1-c1nnc(-c2ccc(OC(C)C)c(C#N)c2)s1. The Labute approximate surface area is 375 Å². The highest BCUT2D eigenvalue weighted by molar-refractivity contribution is 7.17. The number of rotatable bonds is 20. The topological polar surface area (TPSA) is 224 Å². The Morgan fingerprint density at radius 2 is 1.12 bits per heavy atom. The van der Waals surface area contributed by atoms with Gasteiger partial charge in [0.15, 0.2) is 0 Å². The van der Waals surface area contributed by atoms with Gasteiger partial charge in [-0.1, -0.05) is 25.2 Å².